The summed E-state index contributed by atoms with van der Waals surface area (Å²) in [6.45, 7) is 13.0. The number of aliphatic hydroxyl groups is 18. The van der Waals surface area contributed by atoms with Crippen molar-refractivity contribution in [2.45, 2.75) is 304 Å². The molecule has 0 aromatic carbocycles. The highest BCUT2D eigenvalue weighted by molar-refractivity contribution is 5.79. The molecule has 31 heteroatoms. The van der Waals surface area contributed by atoms with Crippen molar-refractivity contribution in [1.82, 2.24) is 0 Å². The van der Waals surface area contributed by atoms with E-state index in [1.807, 2.05) is 0 Å². The monoisotopic (exact) mass is 1380 g/mol. The van der Waals surface area contributed by atoms with Crippen molar-refractivity contribution in [1.29, 1.82) is 0 Å². The summed E-state index contributed by atoms with van der Waals surface area (Å²) in [4.78, 5) is 14.9. The summed E-state index contributed by atoms with van der Waals surface area (Å²) in [5.74, 6) is -0.615. The van der Waals surface area contributed by atoms with Gasteiger partial charge in [0.05, 0.1) is 50.7 Å². The van der Waals surface area contributed by atoms with E-state index in [1.165, 1.54) is 5.57 Å². The van der Waals surface area contributed by atoms with Crippen LogP contribution in [0.25, 0.3) is 0 Å². The molecule has 37 unspecified atom stereocenters. The van der Waals surface area contributed by atoms with Crippen molar-refractivity contribution in [3.05, 3.63) is 11.6 Å². The maximum Gasteiger partial charge on any atom is 0.315 e. The van der Waals surface area contributed by atoms with Crippen LogP contribution in [0.1, 0.15) is 120 Å². The summed E-state index contributed by atoms with van der Waals surface area (Å²) in [6, 6.07) is 0. The van der Waals surface area contributed by atoms with Crippen molar-refractivity contribution in [2.24, 2.45) is 50.2 Å². The average Bonchev–Trinajstić information content (AvgIpc) is 0.675. The molecule has 0 spiro atoms. The molecule has 0 aromatic rings. The molecule has 18 N–H and O–H groups in total. The van der Waals surface area contributed by atoms with Gasteiger partial charge in [-0.1, -0.05) is 60.1 Å². The van der Waals surface area contributed by atoms with Crippen LogP contribution in [0.5, 0.6) is 0 Å². The molecule has 37 atom stereocenters. The SMILES string of the molecule is CC1OC(OC(=O)C23CCC(C)(C)CC2C2=CCC4C5(C)CCC(OC6OC(CO)C(OC7OC(CO)C(O)C(O)C7O)C(O)C6OC6OC(CO)C(O)C(OC7OC(CO)C(O)C(O)C7OC7OCC(O)C(O)C7O)C6O)C(C)(C)C5CCC4(C)C2(C)CC3)C(O)C(O)C1O. The number of hydrogen-bond acceptors (Lipinski definition) is 31. The first-order valence-corrected chi connectivity index (χ1v) is 34.1. The lowest BCUT2D eigenvalue weighted by Crippen LogP contribution is -2.69. The van der Waals surface area contributed by atoms with Gasteiger partial charge in [0.25, 0.3) is 0 Å². The Labute approximate surface area is 556 Å². The van der Waals surface area contributed by atoms with Gasteiger partial charge in [0, 0.05) is 0 Å². The van der Waals surface area contributed by atoms with Gasteiger partial charge in [0.15, 0.2) is 31.5 Å². The molecular weight excluding hydrogens is 1280 g/mol. The van der Waals surface area contributed by atoms with E-state index < -0.39 is 234 Å². The predicted octanol–water partition coefficient (Wildman–Crippen LogP) is -4.72. The Morgan fingerprint density at radius 3 is 1.65 bits per heavy atom. The highest BCUT2D eigenvalue weighted by Crippen LogP contribution is 2.76. The fourth-order valence-electron chi connectivity index (χ4n) is 19.1. The number of ether oxygens (including phenoxy) is 12. The zero-order valence-corrected chi connectivity index (χ0v) is 55.6. The predicted molar refractivity (Wildman–Crippen MR) is 321 cm³/mol. The van der Waals surface area contributed by atoms with E-state index in [0.717, 1.165) is 19.3 Å². The van der Waals surface area contributed by atoms with E-state index in [4.69, 9.17) is 56.8 Å². The fraction of sp³-hybridized carbons (Fsp3) is 0.954. The first kappa shape index (κ1) is 75.2. The molecule has 6 heterocycles. The Kier molecular flexibility index (Phi) is 22.1. The first-order valence-electron chi connectivity index (χ1n) is 34.1. The minimum absolute atomic E-state index is 0.0358. The molecule has 0 radical (unpaired) electrons. The molecule has 6 aliphatic heterocycles. The number of hydrogen-bond donors (Lipinski definition) is 18. The smallest absolute Gasteiger partial charge is 0.315 e. The van der Waals surface area contributed by atoms with E-state index in [2.05, 4.69) is 54.5 Å². The van der Waals surface area contributed by atoms with Crippen LogP contribution < -0.4 is 0 Å². The zero-order chi connectivity index (χ0) is 70.0. The van der Waals surface area contributed by atoms with Crippen LogP contribution in [0.3, 0.4) is 0 Å². The third-order valence-corrected chi connectivity index (χ3v) is 25.2. The van der Waals surface area contributed by atoms with Crippen LogP contribution >= 0.6 is 0 Å². The van der Waals surface area contributed by atoms with Crippen LogP contribution in [0.2, 0.25) is 0 Å². The minimum Gasteiger partial charge on any atom is -0.432 e. The lowest BCUT2D eigenvalue weighted by Gasteiger charge is -2.71. The molecule has 0 bridgehead atoms. The van der Waals surface area contributed by atoms with Gasteiger partial charge in [0.2, 0.25) is 6.29 Å². The molecule has 5 aliphatic carbocycles. The molecule has 11 rings (SSSR count). The molecule has 11 aliphatic rings. The molecule has 6 saturated heterocycles. The Morgan fingerprint density at radius 1 is 0.469 bits per heavy atom. The van der Waals surface area contributed by atoms with Gasteiger partial charge >= 0.3 is 5.97 Å². The van der Waals surface area contributed by atoms with Gasteiger partial charge in [-0.05, 0) is 116 Å². The quantitative estimate of drug-likeness (QED) is 0.0392. The van der Waals surface area contributed by atoms with Gasteiger partial charge in [-0.2, -0.15) is 0 Å². The molecule has 0 aromatic heterocycles. The van der Waals surface area contributed by atoms with E-state index in [-0.39, 0.29) is 39.4 Å². The maximum atomic E-state index is 14.9. The van der Waals surface area contributed by atoms with E-state index in [1.54, 1.807) is 6.92 Å². The molecule has 4 saturated carbocycles. The summed E-state index contributed by atoms with van der Waals surface area (Å²) in [5.41, 5.74) is -1.55. The van der Waals surface area contributed by atoms with Gasteiger partial charge in [-0.3, -0.25) is 4.79 Å². The third kappa shape index (κ3) is 12.8. The molecule has 10 fully saturated rings. The summed E-state index contributed by atoms with van der Waals surface area (Å²) in [7, 11) is 0. The second-order valence-corrected chi connectivity index (χ2v) is 31.4. The molecule has 31 nitrogen and oxygen atoms in total. The second-order valence-electron chi connectivity index (χ2n) is 31.4. The highest BCUT2D eigenvalue weighted by Gasteiger charge is 2.71. The zero-order valence-electron chi connectivity index (χ0n) is 55.6. The summed E-state index contributed by atoms with van der Waals surface area (Å²) in [6.07, 6.45) is -43.4. The summed E-state index contributed by atoms with van der Waals surface area (Å²) in [5, 5.41) is 197. The van der Waals surface area contributed by atoms with E-state index in [0.29, 0.717) is 44.9 Å². The maximum absolute atomic E-state index is 14.9. The van der Waals surface area contributed by atoms with Crippen LogP contribution in [-0.2, 0) is 61.6 Å². The van der Waals surface area contributed by atoms with Crippen molar-refractivity contribution < 1.29 is 154 Å². The number of rotatable bonds is 16. The van der Waals surface area contributed by atoms with Gasteiger partial charge < -0.3 is 149 Å². The normalized spacial score (nSPS) is 54.1. The average molecular weight is 1380 g/mol. The highest BCUT2D eigenvalue weighted by atomic mass is 16.8. The number of allylic oxidation sites excluding steroid dienone is 2. The van der Waals surface area contributed by atoms with Crippen molar-refractivity contribution in [3.8, 4) is 0 Å². The molecule has 552 valence electrons. The largest absolute Gasteiger partial charge is 0.432 e. The second kappa shape index (κ2) is 28.3. The van der Waals surface area contributed by atoms with Crippen LogP contribution in [0.15, 0.2) is 11.6 Å². The van der Waals surface area contributed by atoms with Crippen molar-refractivity contribution in [3.63, 3.8) is 0 Å². The number of fused-ring (bicyclic) bond motifs is 7. The first-order chi connectivity index (χ1) is 45.1. The molecular formula is C65H106O31. The number of carbonyl (C=O) groups excluding carboxylic acids is 1. The van der Waals surface area contributed by atoms with E-state index >= 15 is 0 Å². The van der Waals surface area contributed by atoms with Crippen LogP contribution in [0, 0.1) is 50.2 Å². The Morgan fingerprint density at radius 2 is 0.990 bits per heavy atom. The van der Waals surface area contributed by atoms with Crippen molar-refractivity contribution >= 4 is 5.97 Å². The number of esters is 1. The lowest BCUT2D eigenvalue weighted by molar-refractivity contribution is -0.406. The summed E-state index contributed by atoms with van der Waals surface area (Å²) >= 11 is 0. The number of aliphatic hydroxyl groups excluding tert-OH is 18. The van der Waals surface area contributed by atoms with Gasteiger partial charge in [-0.25, -0.2) is 0 Å². The number of carbonyl (C=O) groups is 1. The Bertz CT molecular complexity index is 2690. The van der Waals surface area contributed by atoms with Crippen molar-refractivity contribution in [2.75, 3.05) is 33.0 Å². The Balaban J connectivity index is 0.871. The van der Waals surface area contributed by atoms with E-state index in [9.17, 15) is 96.7 Å². The standard InChI is InChI=1S/C65H106O31/c1-25-36(71)41(76)45(80)54(86-25)96-59(84)65-17-15-60(2,3)19-27(65)26-9-10-34-62(6)13-12-35(61(4,5)33(62)11-14-64(34,8)63(26,7)16-18-65)91-57-52(47(82)49(32(23-69)90-57)92-55-46(81)42(77)38(73)29(20-66)87-55)95-56-48(83)50(40(75)31(22-68)88-56)93-58-51(43(78)39(74)30(21-67)89-58)94-53-44(79)37(72)28(70)24-85-53/h9,25,27-58,66-83H,10-24H2,1-8H3. The van der Waals surface area contributed by atoms with Crippen LogP contribution in [0.4, 0.5) is 0 Å². The van der Waals surface area contributed by atoms with Gasteiger partial charge in [-0.15, -0.1) is 0 Å². The summed E-state index contributed by atoms with van der Waals surface area (Å²) < 4.78 is 72.9. The minimum atomic E-state index is -2.19. The lowest BCUT2D eigenvalue weighted by atomic mass is 9.33. The third-order valence-electron chi connectivity index (χ3n) is 25.2. The Hall–Kier alpha value is -1.95. The topological polar surface area (TPSA) is 492 Å². The fourth-order valence-corrected chi connectivity index (χ4v) is 19.1. The molecule has 96 heavy (non-hydrogen) atoms. The van der Waals surface area contributed by atoms with Gasteiger partial charge in [0.1, 0.15) is 134 Å². The molecule has 0 amide bonds. The van der Waals surface area contributed by atoms with Crippen LogP contribution in [-0.4, -0.2) is 315 Å².